The lowest BCUT2D eigenvalue weighted by Crippen LogP contribution is -2.18. The summed E-state index contributed by atoms with van der Waals surface area (Å²) in [4.78, 5) is 12.3. The number of hydrogen-bond acceptors (Lipinski definition) is 3. The summed E-state index contributed by atoms with van der Waals surface area (Å²) in [5.74, 6) is 0.687. The van der Waals surface area contributed by atoms with Gasteiger partial charge in [-0.05, 0) is 24.2 Å². The predicted octanol–water partition coefficient (Wildman–Crippen LogP) is 3.41. The molecular formula is C18H23ClN2O2. The molecule has 2 aromatic rings. The number of nitrogens with one attached hydrogen (secondary N) is 2. The molecule has 0 aliphatic carbocycles. The van der Waals surface area contributed by atoms with Crippen molar-refractivity contribution in [3.05, 3.63) is 59.7 Å². The van der Waals surface area contributed by atoms with E-state index in [0.29, 0.717) is 6.42 Å². The second kappa shape index (κ2) is 9.87. The van der Waals surface area contributed by atoms with Gasteiger partial charge in [-0.2, -0.15) is 0 Å². The fourth-order valence-corrected chi connectivity index (χ4v) is 2.27. The number of hydrogen-bond donors (Lipinski definition) is 2. The van der Waals surface area contributed by atoms with E-state index in [9.17, 15) is 4.79 Å². The van der Waals surface area contributed by atoms with Crippen molar-refractivity contribution in [1.82, 2.24) is 5.32 Å². The number of methoxy groups -OCH3 is 1. The van der Waals surface area contributed by atoms with Gasteiger partial charge in [-0.1, -0.05) is 43.3 Å². The minimum atomic E-state index is -0.0477. The molecule has 0 radical (unpaired) electrons. The van der Waals surface area contributed by atoms with Crippen LogP contribution in [0, 0.1) is 0 Å². The number of halogens is 1. The first-order valence-electron chi connectivity index (χ1n) is 7.45. The number of para-hydroxylation sites is 2. The third kappa shape index (κ3) is 5.58. The van der Waals surface area contributed by atoms with E-state index in [4.69, 9.17) is 4.74 Å². The topological polar surface area (TPSA) is 50.4 Å². The second-order valence-electron chi connectivity index (χ2n) is 4.97. The number of rotatable bonds is 7. The molecule has 2 aromatic carbocycles. The maximum Gasteiger partial charge on any atom is 0.228 e. The van der Waals surface area contributed by atoms with Crippen LogP contribution in [0.5, 0.6) is 5.75 Å². The quantitative estimate of drug-likeness (QED) is 0.816. The molecule has 124 valence electrons. The Labute approximate surface area is 143 Å². The monoisotopic (exact) mass is 334 g/mol. The number of amides is 1. The normalized spacial score (nSPS) is 9.83. The number of benzene rings is 2. The first kappa shape index (κ1) is 19.0. The molecule has 0 aromatic heterocycles. The van der Waals surface area contributed by atoms with Crippen LogP contribution < -0.4 is 15.4 Å². The minimum Gasteiger partial charge on any atom is -0.496 e. The van der Waals surface area contributed by atoms with Gasteiger partial charge < -0.3 is 15.4 Å². The maximum atomic E-state index is 12.3. The van der Waals surface area contributed by atoms with Crippen molar-refractivity contribution in [3.8, 4) is 5.75 Å². The fraction of sp³-hybridized carbons (Fsp3) is 0.278. The molecule has 0 unspecified atom stereocenters. The van der Waals surface area contributed by atoms with Gasteiger partial charge in [0.25, 0.3) is 0 Å². The van der Waals surface area contributed by atoms with Crippen molar-refractivity contribution in [3.63, 3.8) is 0 Å². The largest absolute Gasteiger partial charge is 0.496 e. The standard InChI is InChI=1S/C18H22N2O2.ClH/c1-3-19-13-15-9-4-6-10-16(15)20-18(21)12-14-8-5-7-11-17(14)22-2;/h4-11,19H,3,12-13H2,1-2H3,(H,20,21);1H. The van der Waals surface area contributed by atoms with Crippen LogP contribution in [-0.2, 0) is 17.8 Å². The molecule has 0 bridgehead atoms. The summed E-state index contributed by atoms with van der Waals surface area (Å²) in [5.41, 5.74) is 2.81. The summed E-state index contributed by atoms with van der Waals surface area (Å²) >= 11 is 0. The van der Waals surface area contributed by atoms with E-state index in [1.807, 2.05) is 48.5 Å². The highest BCUT2D eigenvalue weighted by molar-refractivity contribution is 5.93. The Balaban J connectivity index is 0.00000264. The Hall–Kier alpha value is -2.04. The smallest absolute Gasteiger partial charge is 0.228 e. The fourth-order valence-electron chi connectivity index (χ4n) is 2.27. The first-order valence-corrected chi connectivity index (χ1v) is 7.45. The molecule has 2 N–H and O–H groups in total. The number of ether oxygens (including phenoxy) is 1. The van der Waals surface area contributed by atoms with Crippen LogP contribution in [0.25, 0.3) is 0 Å². The number of anilines is 1. The molecule has 1 amide bonds. The maximum absolute atomic E-state index is 12.3. The highest BCUT2D eigenvalue weighted by Gasteiger charge is 2.10. The zero-order chi connectivity index (χ0) is 15.8. The molecule has 23 heavy (non-hydrogen) atoms. The zero-order valence-corrected chi connectivity index (χ0v) is 14.3. The van der Waals surface area contributed by atoms with Crippen molar-refractivity contribution in [1.29, 1.82) is 0 Å². The Morgan fingerprint density at radius 2 is 1.70 bits per heavy atom. The van der Waals surface area contributed by atoms with Crippen molar-refractivity contribution < 1.29 is 9.53 Å². The second-order valence-corrected chi connectivity index (χ2v) is 4.97. The van der Waals surface area contributed by atoms with Gasteiger partial charge in [0, 0.05) is 17.8 Å². The van der Waals surface area contributed by atoms with E-state index in [1.165, 1.54) is 0 Å². The van der Waals surface area contributed by atoms with Crippen molar-refractivity contribution in [2.45, 2.75) is 19.9 Å². The Morgan fingerprint density at radius 3 is 2.39 bits per heavy atom. The van der Waals surface area contributed by atoms with E-state index in [-0.39, 0.29) is 18.3 Å². The van der Waals surface area contributed by atoms with Crippen LogP contribution in [0.3, 0.4) is 0 Å². The lowest BCUT2D eigenvalue weighted by molar-refractivity contribution is -0.115. The average Bonchev–Trinajstić information content (AvgIpc) is 2.54. The summed E-state index contributed by atoms with van der Waals surface area (Å²) in [5, 5.41) is 6.26. The SMILES string of the molecule is CCNCc1ccccc1NC(=O)Cc1ccccc1OC.Cl. The molecule has 0 heterocycles. The molecule has 2 rings (SSSR count). The van der Waals surface area contributed by atoms with Crippen molar-refractivity contribution in [2.75, 3.05) is 19.0 Å². The van der Waals surface area contributed by atoms with E-state index in [2.05, 4.69) is 17.6 Å². The highest BCUT2D eigenvalue weighted by atomic mass is 35.5. The molecule has 0 atom stereocenters. The predicted molar refractivity (Wildman–Crippen MR) is 96.4 cm³/mol. The van der Waals surface area contributed by atoms with Crippen molar-refractivity contribution >= 4 is 24.0 Å². The Kier molecular flexibility index (Phi) is 8.16. The van der Waals surface area contributed by atoms with Gasteiger partial charge in [0.1, 0.15) is 5.75 Å². The summed E-state index contributed by atoms with van der Waals surface area (Å²) in [6.45, 7) is 3.69. The molecule has 4 nitrogen and oxygen atoms in total. The summed E-state index contributed by atoms with van der Waals surface area (Å²) in [7, 11) is 1.61. The van der Waals surface area contributed by atoms with Crippen LogP contribution in [0.1, 0.15) is 18.1 Å². The van der Waals surface area contributed by atoms with Crippen LogP contribution >= 0.6 is 12.4 Å². The Bertz CT molecular complexity index is 632. The molecule has 0 saturated heterocycles. The van der Waals surface area contributed by atoms with E-state index < -0.39 is 0 Å². The molecule has 5 heteroatoms. The molecule has 0 saturated carbocycles. The van der Waals surface area contributed by atoms with Gasteiger partial charge in [-0.3, -0.25) is 4.79 Å². The third-order valence-electron chi connectivity index (χ3n) is 3.40. The van der Waals surface area contributed by atoms with Gasteiger partial charge in [-0.25, -0.2) is 0 Å². The van der Waals surface area contributed by atoms with E-state index >= 15 is 0 Å². The lowest BCUT2D eigenvalue weighted by atomic mass is 10.1. The van der Waals surface area contributed by atoms with Gasteiger partial charge >= 0.3 is 0 Å². The van der Waals surface area contributed by atoms with E-state index in [0.717, 1.165) is 35.7 Å². The van der Waals surface area contributed by atoms with Crippen LogP contribution in [-0.4, -0.2) is 19.6 Å². The molecule has 0 aliphatic heterocycles. The molecule has 0 fully saturated rings. The van der Waals surface area contributed by atoms with E-state index in [1.54, 1.807) is 7.11 Å². The first-order chi connectivity index (χ1) is 10.7. The summed E-state index contributed by atoms with van der Waals surface area (Å²) < 4.78 is 5.28. The third-order valence-corrected chi connectivity index (χ3v) is 3.40. The Morgan fingerprint density at radius 1 is 1.04 bits per heavy atom. The van der Waals surface area contributed by atoms with Crippen molar-refractivity contribution in [2.24, 2.45) is 0 Å². The average molecular weight is 335 g/mol. The van der Waals surface area contributed by atoms with Crippen LogP contribution in [0.15, 0.2) is 48.5 Å². The van der Waals surface area contributed by atoms with Crippen LogP contribution in [0.2, 0.25) is 0 Å². The zero-order valence-electron chi connectivity index (χ0n) is 13.5. The summed E-state index contributed by atoms with van der Waals surface area (Å²) in [6, 6.07) is 15.4. The van der Waals surface area contributed by atoms with Gasteiger partial charge in [0.2, 0.25) is 5.91 Å². The van der Waals surface area contributed by atoms with Gasteiger partial charge in [0.15, 0.2) is 0 Å². The molecular weight excluding hydrogens is 312 g/mol. The van der Waals surface area contributed by atoms with Gasteiger partial charge in [-0.15, -0.1) is 12.4 Å². The highest BCUT2D eigenvalue weighted by Crippen LogP contribution is 2.19. The number of carbonyl (C=O) groups is 1. The summed E-state index contributed by atoms with van der Waals surface area (Å²) in [6.07, 6.45) is 0.291. The van der Waals surface area contributed by atoms with Crippen LogP contribution in [0.4, 0.5) is 5.69 Å². The lowest BCUT2D eigenvalue weighted by Gasteiger charge is -2.12. The number of carbonyl (C=O) groups excluding carboxylic acids is 1. The molecule has 0 spiro atoms. The minimum absolute atomic E-state index is 0. The molecule has 0 aliphatic rings. The van der Waals surface area contributed by atoms with Gasteiger partial charge in [0.05, 0.1) is 13.5 Å².